The summed E-state index contributed by atoms with van der Waals surface area (Å²) in [6, 6.07) is 8.68. The van der Waals surface area contributed by atoms with Crippen LogP contribution in [0.2, 0.25) is 0 Å². The van der Waals surface area contributed by atoms with Crippen molar-refractivity contribution in [2.24, 2.45) is 0 Å². The van der Waals surface area contributed by atoms with Crippen LogP contribution in [0.15, 0.2) is 36.6 Å². The second-order valence-electron chi connectivity index (χ2n) is 5.77. The molecule has 0 radical (unpaired) electrons. The lowest BCUT2D eigenvalue weighted by molar-refractivity contribution is -0.383. The first-order valence-corrected chi connectivity index (χ1v) is 8.38. The third kappa shape index (κ3) is 5.10. The van der Waals surface area contributed by atoms with E-state index in [9.17, 15) is 20.0 Å². The molecule has 0 unspecified atom stereocenters. The van der Waals surface area contributed by atoms with Crippen molar-refractivity contribution in [3.63, 3.8) is 0 Å². The van der Waals surface area contributed by atoms with Crippen LogP contribution in [0, 0.1) is 17.0 Å². The Morgan fingerprint density at radius 2 is 2.07 bits per heavy atom. The summed E-state index contributed by atoms with van der Waals surface area (Å²) in [6.07, 6.45) is 0.163. The van der Waals surface area contributed by atoms with Crippen molar-refractivity contribution in [3.8, 4) is 0 Å². The SMILES string of the molecule is CCOC(=O)Nc1cc(NC/C(=C\O)c2ccc(C)cc2)c([N+](=O)[O-])c(N)n1. The molecule has 5 N–H and O–H groups in total. The monoisotopic (exact) mass is 387 g/mol. The molecule has 2 rings (SSSR count). The van der Waals surface area contributed by atoms with Gasteiger partial charge in [0, 0.05) is 18.2 Å². The number of hydrogen-bond acceptors (Lipinski definition) is 8. The number of hydrogen-bond donors (Lipinski definition) is 4. The number of aromatic nitrogens is 1. The van der Waals surface area contributed by atoms with Gasteiger partial charge in [-0.15, -0.1) is 0 Å². The van der Waals surface area contributed by atoms with E-state index in [0.717, 1.165) is 17.4 Å². The molecule has 28 heavy (non-hydrogen) atoms. The number of anilines is 3. The lowest BCUT2D eigenvalue weighted by atomic mass is 10.1. The molecule has 1 heterocycles. The molecule has 10 nitrogen and oxygen atoms in total. The normalized spacial score (nSPS) is 11.0. The number of carbonyl (C=O) groups is 1. The van der Waals surface area contributed by atoms with Gasteiger partial charge in [-0.25, -0.2) is 9.78 Å². The molecule has 0 saturated carbocycles. The van der Waals surface area contributed by atoms with Gasteiger partial charge in [-0.05, 0) is 19.4 Å². The van der Waals surface area contributed by atoms with Gasteiger partial charge in [-0.2, -0.15) is 0 Å². The summed E-state index contributed by atoms with van der Waals surface area (Å²) in [6.45, 7) is 3.80. The fourth-order valence-electron chi connectivity index (χ4n) is 2.40. The van der Waals surface area contributed by atoms with Crippen LogP contribution in [0.25, 0.3) is 5.57 Å². The number of pyridine rings is 1. The van der Waals surface area contributed by atoms with E-state index in [4.69, 9.17) is 10.5 Å². The van der Waals surface area contributed by atoms with Crippen molar-refractivity contribution < 1.29 is 19.6 Å². The second kappa shape index (κ2) is 9.21. The quantitative estimate of drug-likeness (QED) is 0.320. The Balaban J connectivity index is 2.28. The third-order valence-electron chi connectivity index (χ3n) is 3.76. The number of benzene rings is 1. The number of amides is 1. The van der Waals surface area contributed by atoms with Crippen LogP contribution in [0.1, 0.15) is 18.1 Å². The number of aliphatic hydroxyl groups excluding tert-OH is 1. The average molecular weight is 387 g/mol. The summed E-state index contributed by atoms with van der Waals surface area (Å²) in [4.78, 5) is 26.1. The molecule has 0 aliphatic heterocycles. The molecule has 0 bridgehead atoms. The molecule has 1 aromatic heterocycles. The molecule has 10 heteroatoms. The highest BCUT2D eigenvalue weighted by atomic mass is 16.6. The molecule has 0 aliphatic carbocycles. The van der Waals surface area contributed by atoms with E-state index >= 15 is 0 Å². The lowest BCUT2D eigenvalue weighted by Gasteiger charge is -2.13. The highest BCUT2D eigenvalue weighted by molar-refractivity contribution is 5.86. The van der Waals surface area contributed by atoms with Crippen molar-refractivity contribution in [3.05, 3.63) is 57.8 Å². The van der Waals surface area contributed by atoms with Crippen molar-refractivity contribution in [1.29, 1.82) is 0 Å². The predicted molar refractivity (Wildman–Crippen MR) is 106 cm³/mol. The van der Waals surface area contributed by atoms with E-state index < -0.39 is 16.7 Å². The summed E-state index contributed by atoms with van der Waals surface area (Å²) in [5.74, 6) is -0.374. The van der Waals surface area contributed by atoms with Crippen LogP contribution in [0.5, 0.6) is 0 Å². The number of rotatable bonds is 7. The summed E-state index contributed by atoms with van der Waals surface area (Å²) in [5.41, 5.74) is 7.60. The molecular formula is C18H21N5O5. The van der Waals surface area contributed by atoms with E-state index in [0.29, 0.717) is 5.57 Å². The molecule has 0 fully saturated rings. The summed E-state index contributed by atoms with van der Waals surface area (Å²) < 4.78 is 4.76. The number of nitrogens with two attached hydrogens (primary N) is 1. The molecule has 1 aromatic carbocycles. The van der Waals surface area contributed by atoms with Crippen LogP contribution in [-0.2, 0) is 4.74 Å². The Morgan fingerprint density at radius 3 is 2.64 bits per heavy atom. The summed E-state index contributed by atoms with van der Waals surface area (Å²) >= 11 is 0. The molecular weight excluding hydrogens is 366 g/mol. The Labute approximate surface area is 161 Å². The molecule has 2 aromatic rings. The van der Waals surface area contributed by atoms with Crippen LogP contribution in [0.4, 0.5) is 27.8 Å². The number of aliphatic hydroxyl groups is 1. The van der Waals surface area contributed by atoms with Gasteiger partial charge in [0.15, 0.2) is 0 Å². The van der Waals surface area contributed by atoms with Crippen LogP contribution >= 0.6 is 0 Å². The minimum absolute atomic E-state index is 0.00564. The summed E-state index contributed by atoms with van der Waals surface area (Å²) in [5, 5.41) is 26.1. The first kappa shape index (κ1) is 20.5. The number of carbonyl (C=O) groups excluding carboxylic acids is 1. The number of nitrogens with one attached hydrogen (secondary N) is 2. The van der Waals surface area contributed by atoms with Gasteiger partial charge in [-0.1, -0.05) is 29.8 Å². The van der Waals surface area contributed by atoms with Crippen molar-refractivity contribution in [2.75, 3.05) is 29.5 Å². The highest BCUT2D eigenvalue weighted by Gasteiger charge is 2.22. The number of aryl methyl sites for hydroxylation is 1. The molecule has 0 aliphatic rings. The van der Waals surface area contributed by atoms with Crippen LogP contribution in [-0.4, -0.2) is 34.3 Å². The molecule has 0 spiro atoms. The standard InChI is InChI=1S/C18H21N5O5/c1-3-28-18(25)22-15-8-14(16(23(26)27)17(19)21-15)20-9-13(10-24)12-6-4-11(2)5-7-12/h4-8,10,24H,3,9H2,1-2H3,(H4,19,20,21,22,25)/b13-10+. The Kier molecular flexibility index (Phi) is 6.74. The predicted octanol–water partition coefficient (Wildman–Crippen LogP) is 3.46. The molecule has 148 valence electrons. The van der Waals surface area contributed by atoms with Gasteiger partial charge in [0.1, 0.15) is 11.5 Å². The maximum atomic E-state index is 11.6. The maximum Gasteiger partial charge on any atom is 0.412 e. The maximum absolute atomic E-state index is 11.6. The van der Waals surface area contributed by atoms with Crippen LogP contribution < -0.4 is 16.4 Å². The number of nitro groups is 1. The van der Waals surface area contributed by atoms with E-state index in [1.807, 2.05) is 31.2 Å². The summed E-state index contributed by atoms with van der Waals surface area (Å²) in [7, 11) is 0. The van der Waals surface area contributed by atoms with Crippen LogP contribution in [0.3, 0.4) is 0 Å². The van der Waals surface area contributed by atoms with Crippen molar-refractivity contribution in [1.82, 2.24) is 4.98 Å². The van der Waals surface area contributed by atoms with Gasteiger partial charge >= 0.3 is 11.8 Å². The fraction of sp³-hybridized carbons (Fsp3) is 0.222. The van der Waals surface area contributed by atoms with Crippen molar-refractivity contribution >= 4 is 34.7 Å². The number of nitrogen functional groups attached to an aromatic ring is 1. The Bertz CT molecular complexity index is 896. The van der Waals surface area contributed by atoms with E-state index in [2.05, 4.69) is 15.6 Å². The van der Waals surface area contributed by atoms with Gasteiger partial charge in [0.25, 0.3) is 0 Å². The molecule has 1 amide bonds. The smallest absolute Gasteiger partial charge is 0.412 e. The first-order valence-electron chi connectivity index (χ1n) is 8.38. The van der Waals surface area contributed by atoms with Gasteiger partial charge in [0.05, 0.1) is 17.8 Å². The number of ether oxygens (including phenoxy) is 1. The van der Waals surface area contributed by atoms with Gasteiger partial charge < -0.3 is 20.9 Å². The van der Waals surface area contributed by atoms with Crippen molar-refractivity contribution in [2.45, 2.75) is 13.8 Å². The lowest BCUT2D eigenvalue weighted by Crippen LogP contribution is -2.16. The molecule has 0 saturated heterocycles. The van der Waals surface area contributed by atoms with E-state index in [1.54, 1.807) is 6.92 Å². The van der Waals surface area contributed by atoms with Gasteiger partial charge in [-0.3, -0.25) is 15.4 Å². The average Bonchev–Trinajstić information content (AvgIpc) is 2.63. The fourth-order valence-corrected chi connectivity index (χ4v) is 2.40. The Morgan fingerprint density at radius 1 is 1.39 bits per heavy atom. The van der Waals surface area contributed by atoms with E-state index in [-0.39, 0.29) is 30.5 Å². The van der Waals surface area contributed by atoms with E-state index in [1.165, 1.54) is 6.07 Å². The van der Waals surface area contributed by atoms with Gasteiger partial charge in [0.2, 0.25) is 5.82 Å². The topological polar surface area (TPSA) is 153 Å². The largest absolute Gasteiger partial charge is 0.515 e. The minimum atomic E-state index is -0.759. The second-order valence-corrected chi connectivity index (χ2v) is 5.77. The zero-order valence-corrected chi connectivity index (χ0v) is 15.4. The third-order valence-corrected chi connectivity index (χ3v) is 3.76. The number of nitrogens with zero attached hydrogens (tertiary/aromatic N) is 2. The molecule has 0 atom stereocenters. The Hall–Kier alpha value is -3.82. The zero-order valence-electron chi connectivity index (χ0n) is 15.4. The zero-order chi connectivity index (χ0) is 20.7. The highest BCUT2D eigenvalue weighted by Crippen LogP contribution is 2.32. The minimum Gasteiger partial charge on any atom is -0.515 e. The first-order chi connectivity index (χ1) is 13.3.